The highest BCUT2D eigenvalue weighted by Gasteiger charge is 2.21. The van der Waals surface area contributed by atoms with Crippen LogP contribution < -0.4 is 9.62 Å². The summed E-state index contributed by atoms with van der Waals surface area (Å²) >= 11 is 0. The number of piperazine rings is 1. The number of anilines is 1. The number of hydrogen-bond donors (Lipinski definition) is 1. The van der Waals surface area contributed by atoms with E-state index >= 15 is 0 Å². The van der Waals surface area contributed by atoms with Crippen LogP contribution in [0.15, 0.2) is 59.5 Å². The molecule has 1 fully saturated rings. The van der Waals surface area contributed by atoms with Crippen LogP contribution in [0.2, 0.25) is 0 Å². The maximum atomic E-state index is 12.9. The summed E-state index contributed by atoms with van der Waals surface area (Å²) in [5.41, 5.74) is 1.14. The van der Waals surface area contributed by atoms with Crippen LogP contribution in [0.25, 0.3) is 0 Å². The molecule has 1 N–H and O–H groups in total. The molecule has 1 amide bonds. The second-order valence-corrected chi connectivity index (χ2v) is 8.07. The summed E-state index contributed by atoms with van der Waals surface area (Å²) in [5, 5.41) is 0. The van der Waals surface area contributed by atoms with Crippen molar-refractivity contribution in [3.63, 3.8) is 0 Å². The summed E-state index contributed by atoms with van der Waals surface area (Å²) in [6.45, 7) is 2.72. The highest BCUT2D eigenvalue weighted by molar-refractivity contribution is 7.89. The second-order valence-electron chi connectivity index (χ2n) is 6.31. The number of rotatable bonds is 6. The number of nitrogens with one attached hydrogen (secondary N) is 1. The van der Waals surface area contributed by atoms with Crippen LogP contribution in [0.3, 0.4) is 0 Å². The van der Waals surface area contributed by atoms with Crippen LogP contribution in [-0.4, -0.2) is 51.9 Å². The molecule has 0 bridgehead atoms. The van der Waals surface area contributed by atoms with E-state index in [0.717, 1.165) is 30.9 Å². The average molecular weight is 391 g/mol. The lowest BCUT2D eigenvalue weighted by molar-refractivity contribution is -0.131. The van der Waals surface area contributed by atoms with Gasteiger partial charge in [-0.25, -0.2) is 17.5 Å². The van der Waals surface area contributed by atoms with E-state index in [1.165, 1.54) is 12.1 Å². The molecule has 1 aliphatic rings. The molecule has 27 heavy (non-hydrogen) atoms. The van der Waals surface area contributed by atoms with Crippen LogP contribution in [0.5, 0.6) is 0 Å². The van der Waals surface area contributed by atoms with Gasteiger partial charge in [0.2, 0.25) is 15.9 Å². The van der Waals surface area contributed by atoms with Crippen molar-refractivity contribution in [3.05, 3.63) is 60.4 Å². The van der Waals surface area contributed by atoms with Crippen LogP contribution >= 0.6 is 0 Å². The Morgan fingerprint density at radius 3 is 2.22 bits per heavy atom. The fourth-order valence-electron chi connectivity index (χ4n) is 3.00. The first-order valence-electron chi connectivity index (χ1n) is 8.79. The highest BCUT2D eigenvalue weighted by atomic mass is 32.2. The molecular formula is C19H22FN3O3S. The summed E-state index contributed by atoms with van der Waals surface area (Å²) in [6, 6.07) is 14.6. The smallest absolute Gasteiger partial charge is 0.240 e. The van der Waals surface area contributed by atoms with Crippen LogP contribution in [0.4, 0.5) is 10.1 Å². The molecular weight excluding hydrogens is 369 g/mol. The molecule has 1 heterocycles. The minimum absolute atomic E-state index is 0.0114. The fourth-order valence-corrected chi connectivity index (χ4v) is 4.03. The lowest BCUT2D eigenvalue weighted by Gasteiger charge is -2.36. The number of amides is 1. The number of sulfonamides is 1. The van der Waals surface area contributed by atoms with E-state index in [4.69, 9.17) is 0 Å². The Morgan fingerprint density at radius 2 is 1.59 bits per heavy atom. The van der Waals surface area contributed by atoms with Gasteiger partial charge in [0.1, 0.15) is 5.82 Å². The third kappa shape index (κ3) is 5.05. The fraction of sp³-hybridized carbons (Fsp3) is 0.316. The quantitative estimate of drug-likeness (QED) is 0.816. The Balaban J connectivity index is 1.45. The van der Waals surface area contributed by atoms with Gasteiger partial charge in [0, 0.05) is 44.8 Å². The number of hydrogen-bond acceptors (Lipinski definition) is 4. The Kier molecular flexibility index (Phi) is 6.08. The third-order valence-corrected chi connectivity index (χ3v) is 5.99. The molecule has 0 aliphatic carbocycles. The Bertz CT molecular complexity index is 865. The summed E-state index contributed by atoms with van der Waals surface area (Å²) < 4.78 is 39.6. The maximum Gasteiger partial charge on any atom is 0.240 e. The van der Waals surface area contributed by atoms with Crippen LogP contribution in [-0.2, 0) is 14.8 Å². The number of carbonyl (C=O) groups excluding carboxylic acids is 1. The number of benzene rings is 2. The molecule has 3 rings (SSSR count). The van der Waals surface area contributed by atoms with Crippen LogP contribution in [0, 0.1) is 5.82 Å². The molecule has 1 aliphatic heterocycles. The van der Waals surface area contributed by atoms with E-state index in [9.17, 15) is 17.6 Å². The van der Waals surface area contributed by atoms with Crippen molar-refractivity contribution in [1.29, 1.82) is 0 Å². The van der Waals surface area contributed by atoms with Crippen molar-refractivity contribution in [1.82, 2.24) is 9.62 Å². The minimum Gasteiger partial charge on any atom is -0.368 e. The van der Waals surface area contributed by atoms with Gasteiger partial charge in [-0.15, -0.1) is 0 Å². The summed E-state index contributed by atoms with van der Waals surface area (Å²) in [4.78, 5) is 16.3. The minimum atomic E-state index is -3.74. The number of carbonyl (C=O) groups is 1. The van der Waals surface area contributed by atoms with Crippen molar-refractivity contribution in [2.24, 2.45) is 0 Å². The van der Waals surface area contributed by atoms with Gasteiger partial charge in [-0.2, -0.15) is 0 Å². The molecule has 8 heteroatoms. The van der Waals surface area contributed by atoms with Gasteiger partial charge in [0.05, 0.1) is 4.90 Å². The normalized spacial score (nSPS) is 15.0. The zero-order valence-electron chi connectivity index (χ0n) is 14.8. The van der Waals surface area contributed by atoms with Gasteiger partial charge < -0.3 is 9.80 Å². The average Bonchev–Trinajstić information content (AvgIpc) is 2.69. The van der Waals surface area contributed by atoms with E-state index in [2.05, 4.69) is 9.62 Å². The number of nitrogens with zero attached hydrogens (tertiary/aromatic N) is 2. The Labute approximate surface area is 158 Å². The SMILES string of the molecule is O=C(CCNS(=O)(=O)c1ccc(F)cc1)N1CCN(c2ccccc2)CC1. The molecule has 0 atom stereocenters. The number of halogens is 1. The summed E-state index contributed by atoms with van der Waals surface area (Å²) in [7, 11) is -3.74. The van der Waals surface area contributed by atoms with Gasteiger partial charge in [-0.1, -0.05) is 18.2 Å². The van der Waals surface area contributed by atoms with Crippen molar-refractivity contribution in [2.75, 3.05) is 37.6 Å². The van der Waals surface area contributed by atoms with Gasteiger partial charge in [-0.3, -0.25) is 4.79 Å². The first-order valence-corrected chi connectivity index (χ1v) is 10.3. The van der Waals surface area contributed by atoms with Crippen molar-refractivity contribution in [2.45, 2.75) is 11.3 Å². The Morgan fingerprint density at radius 1 is 0.963 bits per heavy atom. The van der Waals surface area contributed by atoms with E-state index < -0.39 is 15.8 Å². The molecule has 2 aromatic rings. The lowest BCUT2D eigenvalue weighted by atomic mass is 10.2. The Hall–Kier alpha value is -2.45. The zero-order valence-corrected chi connectivity index (χ0v) is 15.7. The predicted octanol–water partition coefficient (Wildman–Crippen LogP) is 1.84. The lowest BCUT2D eigenvalue weighted by Crippen LogP contribution is -2.49. The molecule has 1 saturated heterocycles. The van der Waals surface area contributed by atoms with E-state index in [0.29, 0.717) is 13.1 Å². The van der Waals surface area contributed by atoms with E-state index in [-0.39, 0.29) is 23.8 Å². The molecule has 0 spiro atoms. The molecule has 0 unspecified atom stereocenters. The summed E-state index contributed by atoms with van der Waals surface area (Å²) in [6.07, 6.45) is 0.0890. The van der Waals surface area contributed by atoms with Crippen molar-refractivity contribution < 1.29 is 17.6 Å². The molecule has 0 radical (unpaired) electrons. The highest BCUT2D eigenvalue weighted by Crippen LogP contribution is 2.16. The van der Waals surface area contributed by atoms with Crippen molar-refractivity contribution >= 4 is 21.6 Å². The predicted molar refractivity (Wildman–Crippen MR) is 101 cm³/mol. The maximum absolute atomic E-state index is 12.9. The first-order chi connectivity index (χ1) is 13.0. The van der Waals surface area contributed by atoms with Crippen LogP contribution in [0.1, 0.15) is 6.42 Å². The summed E-state index contributed by atoms with van der Waals surface area (Å²) in [5.74, 6) is -0.580. The molecule has 144 valence electrons. The topological polar surface area (TPSA) is 69.7 Å². The van der Waals surface area contributed by atoms with Gasteiger partial charge in [0.15, 0.2) is 0 Å². The zero-order chi connectivity index (χ0) is 19.3. The largest absolute Gasteiger partial charge is 0.368 e. The first kappa shape index (κ1) is 19.3. The van der Waals surface area contributed by atoms with E-state index in [1.807, 2.05) is 30.3 Å². The molecule has 6 nitrogen and oxygen atoms in total. The molecule has 0 saturated carbocycles. The van der Waals surface area contributed by atoms with Gasteiger partial charge in [0.25, 0.3) is 0 Å². The van der Waals surface area contributed by atoms with Gasteiger partial charge >= 0.3 is 0 Å². The van der Waals surface area contributed by atoms with Gasteiger partial charge in [-0.05, 0) is 36.4 Å². The number of para-hydroxylation sites is 1. The molecule has 2 aromatic carbocycles. The van der Waals surface area contributed by atoms with Crippen molar-refractivity contribution in [3.8, 4) is 0 Å². The van der Waals surface area contributed by atoms with E-state index in [1.54, 1.807) is 4.90 Å². The second kappa shape index (κ2) is 8.49. The molecule has 0 aromatic heterocycles. The third-order valence-electron chi connectivity index (χ3n) is 4.51. The monoisotopic (exact) mass is 391 g/mol. The standard InChI is InChI=1S/C19H22FN3O3S/c20-16-6-8-18(9-7-16)27(25,26)21-11-10-19(24)23-14-12-22(13-15-23)17-4-2-1-3-5-17/h1-9,21H,10-15H2.